The zero-order valence-electron chi connectivity index (χ0n) is 10.2. The molecule has 6 heteroatoms. The van der Waals surface area contributed by atoms with Gasteiger partial charge in [0.1, 0.15) is 0 Å². The van der Waals surface area contributed by atoms with E-state index in [4.69, 9.17) is 5.11 Å². The van der Waals surface area contributed by atoms with Crippen molar-refractivity contribution in [3.05, 3.63) is 35.2 Å². The minimum atomic E-state index is -1.31. The zero-order chi connectivity index (χ0) is 14.0. The molecule has 1 aromatic heterocycles. The molecular formula is C13H13NO4S. The molecule has 1 heterocycles. The van der Waals surface area contributed by atoms with Crippen molar-refractivity contribution in [2.75, 3.05) is 0 Å². The normalized spacial score (nSPS) is 14.0. The zero-order valence-corrected chi connectivity index (χ0v) is 11.0. The number of rotatable bonds is 4. The second kappa shape index (κ2) is 5.38. The molecule has 2 rings (SSSR count). The number of benzene rings is 1. The van der Waals surface area contributed by atoms with E-state index in [1.807, 2.05) is 24.3 Å². The molecule has 0 saturated carbocycles. The Hall–Kier alpha value is -1.92. The third-order valence-electron chi connectivity index (χ3n) is 2.68. The highest BCUT2D eigenvalue weighted by molar-refractivity contribution is 7.20. The van der Waals surface area contributed by atoms with Crippen LogP contribution in [0.15, 0.2) is 30.3 Å². The molecule has 0 aliphatic heterocycles. The summed E-state index contributed by atoms with van der Waals surface area (Å²) in [6.45, 7) is 1.32. The van der Waals surface area contributed by atoms with Gasteiger partial charge in [-0.2, -0.15) is 0 Å². The highest BCUT2D eigenvalue weighted by Crippen LogP contribution is 2.25. The Morgan fingerprint density at radius 1 is 1.32 bits per heavy atom. The van der Waals surface area contributed by atoms with Crippen molar-refractivity contribution in [2.45, 2.75) is 19.1 Å². The fraction of sp³-hybridized carbons (Fsp3) is 0.231. The van der Waals surface area contributed by atoms with Crippen LogP contribution >= 0.6 is 11.3 Å². The first-order chi connectivity index (χ1) is 8.99. The number of carboxylic acids is 1. The number of carbonyl (C=O) groups excluding carboxylic acids is 1. The average Bonchev–Trinajstić information content (AvgIpc) is 2.78. The number of aliphatic hydroxyl groups excluding tert-OH is 1. The van der Waals surface area contributed by atoms with Gasteiger partial charge in [-0.25, -0.2) is 4.79 Å². The number of aliphatic carboxylic acids is 1. The Balaban J connectivity index is 2.21. The van der Waals surface area contributed by atoms with Crippen molar-refractivity contribution in [2.24, 2.45) is 0 Å². The lowest BCUT2D eigenvalue weighted by molar-refractivity contribution is -0.141. The van der Waals surface area contributed by atoms with Crippen LogP contribution in [0.5, 0.6) is 0 Å². The summed E-state index contributed by atoms with van der Waals surface area (Å²) in [4.78, 5) is 23.3. The second-order valence-electron chi connectivity index (χ2n) is 4.18. The molecule has 0 fully saturated rings. The van der Waals surface area contributed by atoms with Crippen LogP contribution < -0.4 is 5.32 Å². The molecule has 19 heavy (non-hydrogen) atoms. The molecule has 0 radical (unpaired) electrons. The summed E-state index contributed by atoms with van der Waals surface area (Å²) in [5, 5.41) is 21.5. The molecule has 0 spiro atoms. The summed E-state index contributed by atoms with van der Waals surface area (Å²) in [5.74, 6) is -1.75. The van der Waals surface area contributed by atoms with Gasteiger partial charge in [-0.1, -0.05) is 18.2 Å². The highest BCUT2D eigenvalue weighted by atomic mass is 32.1. The third kappa shape index (κ3) is 2.91. The van der Waals surface area contributed by atoms with E-state index in [0.29, 0.717) is 4.88 Å². The Morgan fingerprint density at radius 2 is 2.00 bits per heavy atom. The number of amides is 1. The van der Waals surface area contributed by atoms with Crippen molar-refractivity contribution in [3.8, 4) is 0 Å². The summed E-state index contributed by atoms with van der Waals surface area (Å²) < 4.78 is 0.955. The van der Waals surface area contributed by atoms with Crippen LogP contribution in [0, 0.1) is 0 Å². The second-order valence-corrected chi connectivity index (χ2v) is 5.26. The molecule has 2 atom stereocenters. The van der Waals surface area contributed by atoms with Crippen LogP contribution in [0.25, 0.3) is 10.1 Å². The van der Waals surface area contributed by atoms with Gasteiger partial charge in [-0.05, 0) is 24.4 Å². The Labute approximate surface area is 113 Å². The standard InChI is InChI=1S/C13H13NO4S/c1-7(15)11(13(17)18)14-12(16)10-6-8-4-2-3-5-9(8)19-10/h2-7,11,15H,1H3,(H,14,16)(H,17,18)/t7-,11+/m1/s1. The van der Waals surface area contributed by atoms with Gasteiger partial charge in [0.05, 0.1) is 11.0 Å². The van der Waals surface area contributed by atoms with Crippen LogP contribution in [0.2, 0.25) is 0 Å². The quantitative estimate of drug-likeness (QED) is 0.791. The van der Waals surface area contributed by atoms with Gasteiger partial charge in [-0.15, -0.1) is 11.3 Å². The molecule has 1 amide bonds. The van der Waals surface area contributed by atoms with Crippen molar-refractivity contribution in [1.82, 2.24) is 5.32 Å². The van der Waals surface area contributed by atoms with Gasteiger partial charge in [0.15, 0.2) is 6.04 Å². The summed E-state index contributed by atoms with van der Waals surface area (Å²) in [5.41, 5.74) is 0. The van der Waals surface area contributed by atoms with Crippen molar-refractivity contribution < 1.29 is 19.8 Å². The lowest BCUT2D eigenvalue weighted by atomic mass is 10.2. The number of hydrogen-bond acceptors (Lipinski definition) is 4. The van der Waals surface area contributed by atoms with E-state index in [9.17, 15) is 14.7 Å². The summed E-state index contributed by atoms with van der Waals surface area (Å²) in [7, 11) is 0. The number of fused-ring (bicyclic) bond motifs is 1. The maximum Gasteiger partial charge on any atom is 0.328 e. The Kier molecular flexibility index (Phi) is 3.82. The van der Waals surface area contributed by atoms with E-state index in [1.165, 1.54) is 18.3 Å². The van der Waals surface area contributed by atoms with Crippen molar-refractivity contribution in [3.63, 3.8) is 0 Å². The first kappa shape index (κ1) is 13.5. The van der Waals surface area contributed by atoms with Gasteiger partial charge in [0, 0.05) is 4.70 Å². The number of hydrogen-bond donors (Lipinski definition) is 3. The maximum atomic E-state index is 12.0. The molecule has 1 aromatic carbocycles. The Morgan fingerprint density at radius 3 is 2.58 bits per heavy atom. The first-order valence-electron chi connectivity index (χ1n) is 5.69. The van der Waals surface area contributed by atoms with E-state index < -0.39 is 24.0 Å². The fourth-order valence-corrected chi connectivity index (χ4v) is 2.66. The number of carbonyl (C=O) groups is 2. The van der Waals surface area contributed by atoms with E-state index in [0.717, 1.165) is 10.1 Å². The smallest absolute Gasteiger partial charge is 0.328 e. The minimum absolute atomic E-state index is 0.424. The predicted octanol–water partition coefficient (Wildman–Crippen LogP) is 1.47. The van der Waals surface area contributed by atoms with Gasteiger partial charge in [-0.3, -0.25) is 4.79 Å². The molecule has 0 saturated heterocycles. The first-order valence-corrected chi connectivity index (χ1v) is 6.51. The monoisotopic (exact) mass is 279 g/mol. The molecule has 5 nitrogen and oxygen atoms in total. The molecule has 0 unspecified atom stereocenters. The van der Waals surface area contributed by atoms with Crippen LogP contribution in [-0.2, 0) is 4.79 Å². The molecular weight excluding hydrogens is 266 g/mol. The van der Waals surface area contributed by atoms with Crippen molar-refractivity contribution in [1.29, 1.82) is 0 Å². The molecule has 0 bridgehead atoms. The van der Waals surface area contributed by atoms with Crippen LogP contribution in [-0.4, -0.2) is 34.2 Å². The fourth-order valence-electron chi connectivity index (χ4n) is 1.69. The van der Waals surface area contributed by atoms with Gasteiger partial charge in [0.2, 0.25) is 0 Å². The minimum Gasteiger partial charge on any atom is -0.480 e. The topological polar surface area (TPSA) is 86.6 Å². The van der Waals surface area contributed by atoms with Crippen LogP contribution in [0.4, 0.5) is 0 Å². The number of thiophene rings is 1. The summed E-state index contributed by atoms with van der Waals surface area (Å²) >= 11 is 1.28. The van der Waals surface area contributed by atoms with Gasteiger partial charge >= 0.3 is 5.97 Å². The Bertz CT molecular complexity index is 587. The molecule has 0 aliphatic rings. The SMILES string of the molecule is C[C@@H](O)[C@H](NC(=O)c1cc2ccccc2s1)C(=O)O. The molecule has 3 N–H and O–H groups in total. The molecule has 2 aromatic rings. The highest BCUT2D eigenvalue weighted by Gasteiger charge is 2.26. The van der Waals surface area contributed by atoms with E-state index in [-0.39, 0.29) is 0 Å². The number of carboxylic acid groups (broad SMARTS) is 1. The number of aliphatic hydroxyl groups is 1. The van der Waals surface area contributed by atoms with E-state index in [2.05, 4.69) is 5.32 Å². The average molecular weight is 279 g/mol. The lowest BCUT2D eigenvalue weighted by Crippen LogP contribution is -2.47. The van der Waals surface area contributed by atoms with Crippen LogP contribution in [0.1, 0.15) is 16.6 Å². The third-order valence-corrected chi connectivity index (χ3v) is 3.80. The van der Waals surface area contributed by atoms with Gasteiger partial charge < -0.3 is 15.5 Å². The number of nitrogens with one attached hydrogen (secondary N) is 1. The van der Waals surface area contributed by atoms with Crippen molar-refractivity contribution >= 4 is 33.3 Å². The van der Waals surface area contributed by atoms with Crippen LogP contribution in [0.3, 0.4) is 0 Å². The lowest BCUT2D eigenvalue weighted by Gasteiger charge is -2.16. The summed E-state index contributed by atoms with van der Waals surface area (Å²) in [6.07, 6.45) is -1.16. The largest absolute Gasteiger partial charge is 0.480 e. The summed E-state index contributed by atoms with van der Waals surface area (Å²) in [6, 6.07) is 7.91. The van der Waals surface area contributed by atoms with Gasteiger partial charge in [0.25, 0.3) is 5.91 Å². The van der Waals surface area contributed by atoms with E-state index in [1.54, 1.807) is 6.07 Å². The molecule has 0 aliphatic carbocycles. The maximum absolute atomic E-state index is 12.0. The predicted molar refractivity (Wildman–Crippen MR) is 72.4 cm³/mol. The molecule has 100 valence electrons. The van der Waals surface area contributed by atoms with E-state index >= 15 is 0 Å².